The minimum Gasteiger partial charge on any atom is -0.478 e. The van der Waals surface area contributed by atoms with Crippen LogP contribution in [0, 0.1) is 0 Å². The van der Waals surface area contributed by atoms with Crippen LogP contribution in [0.1, 0.15) is 36.0 Å². The Balaban J connectivity index is 2.43. The maximum Gasteiger partial charge on any atom is 0.340 e. The molecule has 0 aromatic carbocycles. The van der Waals surface area contributed by atoms with Crippen molar-refractivity contribution in [1.29, 1.82) is 0 Å². The maximum atomic E-state index is 12.6. The molecule has 1 aliphatic carbocycles. The first kappa shape index (κ1) is 15.4. The number of aromatic carboxylic acids is 1. The summed E-state index contributed by atoms with van der Waals surface area (Å²) in [5.41, 5.74) is 4.67. The van der Waals surface area contributed by atoms with Gasteiger partial charge in [-0.15, -0.1) is 0 Å². The quantitative estimate of drug-likeness (QED) is 0.646. The second-order valence-electron chi connectivity index (χ2n) is 4.87. The van der Waals surface area contributed by atoms with E-state index in [4.69, 9.17) is 10.8 Å². The molecule has 1 heterocycles. The molecule has 1 fully saturated rings. The monoisotopic (exact) mass is 316 g/mol. The molecular weight excluding hydrogens is 300 g/mol. The van der Waals surface area contributed by atoms with Crippen LogP contribution in [0.5, 0.6) is 0 Å². The first-order valence-electron chi connectivity index (χ1n) is 6.41. The van der Waals surface area contributed by atoms with E-state index in [-0.39, 0.29) is 6.04 Å². The normalized spacial score (nSPS) is 16.4. The van der Waals surface area contributed by atoms with Crippen molar-refractivity contribution in [3.63, 3.8) is 0 Å². The molecule has 116 valence electrons. The first-order valence-corrected chi connectivity index (χ1v) is 7.85. The molecule has 0 spiro atoms. The predicted octanol–water partition coefficient (Wildman–Crippen LogP) is -0.473. The van der Waals surface area contributed by atoms with Crippen LogP contribution in [0.2, 0.25) is 0 Å². The third-order valence-electron chi connectivity index (χ3n) is 3.45. The number of primary amides is 1. The van der Waals surface area contributed by atoms with E-state index in [1.807, 2.05) is 0 Å². The minimum atomic E-state index is -4.18. The van der Waals surface area contributed by atoms with Crippen LogP contribution in [0.15, 0.2) is 11.2 Å². The maximum absolute atomic E-state index is 12.6. The highest BCUT2D eigenvalue weighted by Crippen LogP contribution is 2.28. The number of amides is 1. The number of nitrogens with one attached hydrogen (secondary N) is 1. The Morgan fingerprint density at radius 2 is 2.05 bits per heavy atom. The van der Waals surface area contributed by atoms with Crippen LogP contribution < -0.4 is 5.73 Å². The third-order valence-corrected chi connectivity index (χ3v) is 5.32. The summed E-state index contributed by atoms with van der Waals surface area (Å²) in [6.45, 7) is -0.481. The number of carbonyl (C=O) groups is 2. The lowest BCUT2D eigenvalue weighted by Crippen LogP contribution is -2.44. The Morgan fingerprint density at radius 1 is 1.43 bits per heavy atom. The minimum absolute atomic E-state index is 0.354. The summed E-state index contributed by atoms with van der Waals surface area (Å²) in [5, 5.41) is 14.1. The Morgan fingerprint density at radius 3 is 2.57 bits per heavy atom. The molecule has 4 N–H and O–H groups in total. The van der Waals surface area contributed by atoms with E-state index in [9.17, 15) is 18.0 Å². The van der Waals surface area contributed by atoms with Crippen molar-refractivity contribution in [3.8, 4) is 0 Å². The van der Waals surface area contributed by atoms with Gasteiger partial charge in [0.1, 0.15) is 5.56 Å². The van der Waals surface area contributed by atoms with E-state index in [1.165, 1.54) is 0 Å². The lowest BCUT2D eigenvalue weighted by molar-refractivity contribution is -0.118. The van der Waals surface area contributed by atoms with Crippen molar-refractivity contribution in [2.75, 3.05) is 6.54 Å². The standard InChI is InChI=1S/C11H16N4O5S/c12-9(16)6-15(7-3-1-2-4-7)21(19,20)10-8(11(17)18)5-13-14-10/h5,7H,1-4,6H2,(H2,12,16)(H,13,14)(H,17,18). The lowest BCUT2D eigenvalue weighted by Gasteiger charge is -2.26. The number of hydrogen-bond donors (Lipinski definition) is 3. The van der Waals surface area contributed by atoms with Gasteiger partial charge in [0.2, 0.25) is 5.91 Å². The number of rotatable bonds is 6. The molecule has 0 saturated heterocycles. The Hall–Kier alpha value is -1.94. The fourth-order valence-corrected chi connectivity index (χ4v) is 4.22. The number of hydrogen-bond acceptors (Lipinski definition) is 5. The molecule has 1 aromatic rings. The molecule has 1 saturated carbocycles. The van der Waals surface area contributed by atoms with Crippen LogP contribution in [-0.4, -0.2) is 52.5 Å². The molecule has 21 heavy (non-hydrogen) atoms. The summed E-state index contributed by atoms with van der Waals surface area (Å²) in [4.78, 5) is 22.2. The number of aromatic nitrogens is 2. The number of H-pyrrole nitrogens is 1. The number of carboxylic acids is 1. The van der Waals surface area contributed by atoms with Crippen molar-refractivity contribution < 1.29 is 23.1 Å². The highest BCUT2D eigenvalue weighted by molar-refractivity contribution is 7.89. The van der Waals surface area contributed by atoms with Crippen LogP contribution >= 0.6 is 0 Å². The smallest absolute Gasteiger partial charge is 0.340 e. The molecule has 1 aliphatic rings. The van der Waals surface area contributed by atoms with E-state index < -0.39 is 39.0 Å². The van der Waals surface area contributed by atoms with Gasteiger partial charge in [-0.2, -0.15) is 9.40 Å². The summed E-state index contributed by atoms with van der Waals surface area (Å²) < 4.78 is 26.2. The van der Waals surface area contributed by atoms with Gasteiger partial charge in [-0.3, -0.25) is 9.89 Å². The lowest BCUT2D eigenvalue weighted by atomic mass is 10.2. The van der Waals surface area contributed by atoms with Crippen molar-refractivity contribution >= 4 is 21.9 Å². The van der Waals surface area contributed by atoms with Gasteiger partial charge in [0.15, 0.2) is 5.03 Å². The van der Waals surface area contributed by atoms with Crippen molar-refractivity contribution in [3.05, 3.63) is 11.8 Å². The van der Waals surface area contributed by atoms with Gasteiger partial charge in [-0.25, -0.2) is 13.2 Å². The average molecular weight is 316 g/mol. The van der Waals surface area contributed by atoms with Crippen molar-refractivity contribution in [2.45, 2.75) is 36.8 Å². The van der Waals surface area contributed by atoms with Gasteiger partial charge in [0.25, 0.3) is 10.0 Å². The number of aromatic amines is 1. The topological polar surface area (TPSA) is 146 Å². The Bertz CT molecular complexity index is 647. The molecule has 0 aliphatic heterocycles. The largest absolute Gasteiger partial charge is 0.478 e. The first-order chi connectivity index (χ1) is 9.84. The number of carbonyl (C=O) groups excluding carboxylic acids is 1. The van der Waals surface area contributed by atoms with Gasteiger partial charge < -0.3 is 10.8 Å². The molecule has 1 aromatic heterocycles. The van der Waals surface area contributed by atoms with E-state index in [0.717, 1.165) is 23.3 Å². The zero-order chi connectivity index (χ0) is 15.6. The molecule has 10 heteroatoms. The highest BCUT2D eigenvalue weighted by atomic mass is 32.2. The Kier molecular flexibility index (Phi) is 4.28. The van der Waals surface area contributed by atoms with E-state index in [2.05, 4.69) is 10.2 Å². The molecule has 0 bridgehead atoms. The molecule has 2 rings (SSSR count). The second-order valence-corrected chi connectivity index (χ2v) is 6.70. The summed E-state index contributed by atoms with van der Waals surface area (Å²) in [6.07, 6.45) is 3.85. The summed E-state index contributed by atoms with van der Waals surface area (Å²) in [6, 6.07) is -0.354. The van der Waals surface area contributed by atoms with Crippen LogP contribution in [0.3, 0.4) is 0 Å². The molecule has 0 radical (unpaired) electrons. The number of sulfonamides is 1. The molecular formula is C11H16N4O5S. The van der Waals surface area contributed by atoms with E-state index in [1.54, 1.807) is 0 Å². The number of nitrogens with two attached hydrogens (primary N) is 1. The van der Waals surface area contributed by atoms with Crippen LogP contribution in [-0.2, 0) is 14.8 Å². The van der Waals surface area contributed by atoms with Crippen LogP contribution in [0.4, 0.5) is 0 Å². The summed E-state index contributed by atoms with van der Waals surface area (Å²) in [5.74, 6) is -2.20. The van der Waals surface area contributed by atoms with Gasteiger partial charge in [0.05, 0.1) is 12.7 Å². The van der Waals surface area contributed by atoms with E-state index >= 15 is 0 Å². The predicted molar refractivity (Wildman–Crippen MR) is 70.9 cm³/mol. The molecule has 0 unspecified atom stereocenters. The molecule has 9 nitrogen and oxygen atoms in total. The SMILES string of the molecule is NC(=O)CN(C1CCCC1)S(=O)(=O)c1[nH]ncc1C(=O)O. The summed E-state index contributed by atoms with van der Waals surface area (Å²) in [7, 11) is -4.18. The number of carboxylic acid groups (broad SMARTS) is 1. The zero-order valence-corrected chi connectivity index (χ0v) is 12.0. The van der Waals surface area contributed by atoms with E-state index in [0.29, 0.717) is 12.8 Å². The van der Waals surface area contributed by atoms with Gasteiger partial charge in [0, 0.05) is 6.04 Å². The zero-order valence-electron chi connectivity index (χ0n) is 11.2. The fraction of sp³-hybridized carbons (Fsp3) is 0.545. The average Bonchev–Trinajstić information content (AvgIpc) is 3.06. The van der Waals surface area contributed by atoms with Gasteiger partial charge >= 0.3 is 5.97 Å². The Labute approximate surface area is 121 Å². The third kappa shape index (κ3) is 3.05. The van der Waals surface area contributed by atoms with Crippen LogP contribution in [0.25, 0.3) is 0 Å². The highest BCUT2D eigenvalue weighted by Gasteiger charge is 2.37. The fourth-order valence-electron chi connectivity index (χ4n) is 2.50. The van der Waals surface area contributed by atoms with Crippen molar-refractivity contribution in [2.24, 2.45) is 5.73 Å². The van der Waals surface area contributed by atoms with Gasteiger partial charge in [-0.1, -0.05) is 12.8 Å². The van der Waals surface area contributed by atoms with Gasteiger partial charge in [-0.05, 0) is 12.8 Å². The second kappa shape index (κ2) is 5.82. The molecule has 1 amide bonds. The number of nitrogens with zero attached hydrogens (tertiary/aromatic N) is 2. The van der Waals surface area contributed by atoms with Crippen molar-refractivity contribution in [1.82, 2.24) is 14.5 Å². The summed E-state index contributed by atoms with van der Waals surface area (Å²) >= 11 is 0. The molecule has 0 atom stereocenters.